The van der Waals surface area contributed by atoms with Crippen molar-refractivity contribution < 1.29 is 9.53 Å². The number of carbonyl (C=O) groups excluding carboxylic acids is 1. The molecule has 0 amide bonds. The molecule has 1 N–H and O–H groups in total. The Kier molecular flexibility index (Phi) is 5.35. The number of nitrogens with zero attached hydrogens (tertiary/aromatic N) is 2. The van der Waals surface area contributed by atoms with Crippen LogP contribution in [0, 0.1) is 0 Å². The summed E-state index contributed by atoms with van der Waals surface area (Å²) in [5.41, 5.74) is 0.491. The lowest BCUT2D eigenvalue weighted by Gasteiger charge is -2.19. The van der Waals surface area contributed by atoms with E-state index >= 15 is 0 Å². The summed E-state index contributed by atoms with van der Waals surface area (Å²) in [5, 5.41) is 3.29. The minimum Gasteiger partial charge on any atom is -0.462 e. The molecule has 0 bridgehead atoms. The average molecular weight is 277 g/mol. The monoisotopic (exact) mass is 277 g/mol. The predicted molar refractivity (Wildman–Crippen MR) is 79.0 cm³/mol. The van der Waals surface area contributed by atoms with E-state index in [1.54, 1.807) is 19.2 Å². The zero-order valence-corrected chi connectivity index (χ0v) is 12.3. The third kappa shape index (κ3) is 4.20. The van der Waals surface area contributed by atoms with Crippen LogP contribution in [0.5, 0.6) is 0 Å². The molecule has 5 heteroatoms. The molecule has 0 saturated heterocycles. The first-order valence-electron chi connectivity index (χ1n) is 7.35. The Labute approximate surface area is 120 Å². The number of rotatable bonds is 8. The second kappa shape index (κ2) is 7.24. The first kappa shape index (κ1) is 14.8. The molecule has 1 aliphatic carbocycles. The number of likely N-dealkylation sites (N-methyl/N-ethyl adjacent to an activating group) is 1. The summed E-state index contributed by atoms with van der Waals surface area (Å²) in [6.07, 6.45) is 4.22. The Balaban J connectivity index is 1.77. The van der Waals surface area contributed by atoms with E-state index in [0.29, 0.717) is 12.2 Å². The van der Waals surface area contributed by atoms with Crippen molar-refractivity contribution in [2.75, 3.05) is 31.6 Å². The van der Waals surface area contributed by atoms with Crippen LogP contribution in [-0.2, 0) is 4.74 Å². The Morgan fingerprint density at radius 3 is 2.80 bits per heavy atom. The fourth-order valence-electron chi connectivity index (χ4n) is 2.20. The van der Waals surface area contributed by atoms with Crippen molar-refractivity contribution in [2.24, 2.45) is 0 Å². The van der Waals surface area contributed by atoms with Crippen LogP contribution in [0.2, 0.25) is 0 Å². The Morgan fingerprint density at radius 1 is 1.45 bits per heavy atom. The highest BCUT2D eigenvalue weighted by Crippen LogP contribution is 2.25. The van der Waals surface area contributed by atoms with Gasteiger partial charge in [0, 0.05) is 25.3 Å². The van der Waals surface area contributed by atoms with Crippen molar-refractivity contribution in [3.8, 4) is 0 Å². The van der Waals surface area contributed by atoms with Gasteiger partial charge in [0.05, 0.1) is 12.2 Å². The highest BCUT2D eigenvalue weighted by molar-refractivity contribution is 5.89. The van der Waals surface area contributed by atoms with Gasteiger partial charge in [0.25, 0.3) is 0 Å². The van der Waals surface area contributed by atoms with E-state index in [4.69, 9.17) is 4.74 Å². The number of carbonyl (C=O) groups is 1. The molecule has 1 aliphatic rings. The highest BCUT2D eigenvalue weighted by Gasteiger charge is 2.27. The second-order valence-corrected chi connectivity index (χ2v) is 4.94. The number of hydrogen-bond donors (Lipinski definition) is 1. The van der Waals surface area contributed by atoms with Crippen LogP contribution >= 0.6 is 0 Å². The Morgan fingerprint density at radius 2 is 2.25 bits per heavy atom. The van der Waals surface area contributed by atoms with Crippen molar-refractivity contribution in [2.45, 2.75) is 32.7 Å². The van der Waals surface area contributed by atoms with E-state index in [9.17, 15) is 4.79 Å². The number of hydrogen-bond acceptors (Lipinski definition) is 5. The fourth-order valence-corrected chi connectivity index (χ4v) is 2.20. The smallest absolute Gasteiger partial charge is 0.339 e. The van der Waals surface area contributed by atoms with Gasteiger partial charge in [-0.05, 0) is 38.4 Å². The summed E-state index contributed by atoms with van der Waals surface area (Å²) in [4.78, 5) is 18.2. The molecular weight excluding hydrogens is 254 g/mol. The number of pyridine rings is 1. The topological polar surface area (TPSA) is 54.5 Å². The molecule has 0 atom stereocenters. The summed E-state index contributed by atoms with van der Waals surface area (Å²) >= 11 is 0. The predicted octanol–water partition coefficient (Wildman–Crippen LogP) is 2.15. The largest absolute Gasteiger partial charge is 0.462 e. The molecule has 0 aliphatic heterocycles. The molecule has 1 heterocycles. The van der Waals surface area contributed by atoms with Gasteiger partial charge in [0.2, 0.25) is 0 Å². The first-order valence-corrected chi connectivity index (χ1v) is 7.35. The third-order valence-electron chi connectivity index (χ3n) is 3.45. The summed E-state index contributed by atoms with van der Waals surface area (Å²) in [6, 6.07) is 4.35. The molecule has 1 saturated carbocycles. The summed E-state index contributed by atoms with van der Waals surface area (Å²) in [6.45, 7) is 7.37. The average Bonchev–Trinajstić information content (AvgIpc) is 3.29. The van der Waals surface area contributed by atoms with Crippen LogP contribution in [0.15, 0.2) is 18.3 Å². The van der Waals surface area contributed by atoms with Gasteiger partial charge < -0.3 is 10.1 Å². The molecule has 1 fully saturated rings. The molecule has 0 unspecified atom stereocenters. The van der Waals surface area contributed by atoms with E-state index in [-0.39, 0.29) is 5.97 Å². The van der Waals surface area contributed by atoms with Gasteiger partial charge in [-0.1, -0.05) is 6.92 Å². The van der Waals surface area contributed by atoms with Crippen LogP contribution in [0.3, 0.4) is 0 Å². The molecule has 0 aromatic carbocycles. The summed E-state index contributed by atoms with van der Waals surface area (Å²) in [5.74, 6) is 0.474. The lowest BCUT2D eigenvalue weighted by atomic mass is 10.3. The van der Waals surface area contributed by atoms with E-state index in [2.05, 4.69) is 22.1 Å². The lowest BCUT2D eigenvalue weighted by molar-refractivity contribution is 0.0526. The van der Waals surface area contributed by atoms with E-state index in [1.807, 2.05) is 6.07 Å². The molecule has 2 rings (SSSR count). The van der Waals surface area contributed by atoms with Gasteiger partial charge >= 0.3 is 5.97 Å². The molecule has 0 spiro atoms. The van der Waals surface area contributed by atoms with Crippen molar-refractivity contribution in [1.29, 1.82) is 0 Å². The van der Waals surface area contributed by atoms with E-state index in [0.717, 1.165) is 31.5 Å². The van der Waals surface area contributed by atoms with Gasteiger partial charge in [-0.15, -0.1) is 0 Å². The van der Waals surface area contributed by atoms with Crippen molar-refractivity contribution in [3.05, 3.63) is 23.9 Å². The van der Waals surface area contributed by atoms with Gasteiger partial charge in [-0.25, -0.2) is 9.78 Å². The molecular formula is C15H23N3O2. The SMILES string of the molecule is CCOC(=O)c1ccc(NCCN(CC)C2CC2)nc1. The van der Waals surface area contributed by atoms with Crippen molar-refractivity contribution in [1.82, 2.24) is 9.88 Å². The maximum atomic E-state index is 11.5. The zero-order chi connectivity index (χ0) is 14.4. The molecule has 1 aromatic rings. The molecule has 1 aromatic heterocycles. The number of nitrogens with one attached hydrogen (secondary N) is 1. The van der Waals surface area contributed by atoms with E-state index < -0.39 is 0 Å². The minimum absolute atomic E-state index is 0.322. The quantitative estimate of drug-likeness (QED) is 0.738. The van der Waals surface area contributed by atoms with Crippen LogP contribution in [-0.4, -0.2) is 48.1 Å². The zero-order valence-electron chi connectivity index (χ0n) is 12.3. The first-order chi connectivity index (χ1) is 9.74. The van der Waals surface area contributed by atoms with Crippen LogP contribution in [0.1, 0.15) is 37.0 Å². The number of anilines is 1. The van der Waals surface area contributed by atoms with Crippen LogP contribution in [0.25, 0.3) is 0 Å². The van der Waals surface area contributed by atoms with Crippen LogP contribution in [0.4, 0.5) is 5.82 Å². The Bertz CT molecular complexity index is 429. The fraction of sp³-hybridized carbons (Fsp3) is 0.600. The van der Waals surface area contributed by atoms with Gasteiger partial charge in [-0.2, -0.15) is 0 Å². The van der Waals surface area contributed by atoms with Crippen molar-refractivity contribution >= 4 is 11.8 Å². The van der Waals surface area contributed by atoms with Gasteiger partial charge in [0.15, 0.2) is 0 Å². The summed E-state index contributed by atoms with van der Waals surface area (Å²) in [7, 11) is 0. The summed E-state index contributed by atoms with van der Waals surface area (Å²) < 4.78 is 4.92. The van der Waals surface area contributed by atoms with Gasteiger partial charge in [-0.3, -0.25) is 4.90 Å². The normalized spacial score (nSPS) is 14.3. The minimum atomic E-state index is -0.322. The number of esters is 1. The van der Waals surface area contributed by atoms with E-state index in [1.165, 1.54) is 12.8 Å². The molecule has 110 valence electrons. The van der Waals surface area contributed by atoms with Crippen molar-refractivity contribution in [3.63, 3.8) is 0 Å². The Hall–Kier alpha value is -1.62. The van der Waals surface area contributed by atoms with Crippen LogP contribution < -0.4 is 5.32 Å². The number of aromatic nitrogens is 1. The molecule has 20 heavy (non-hydrogen) atoms. The highest BCUT2D eigenvalue weighted by atomic mass is 16.5. The van der Waals surface area contributed by atoms with Gasteiger partial charge in [0.1, 0.15) is 5.82 Å². The molecule has 0 radical (unpaired) electrons. The maximum absolute atomic E-state index is 11.5. The third-order valence-corrected chi connectivity index (χ3v) is 3.45. The standard InChI is InChI=1S/C15H23N3O2/c1-3-18(13-6-7-13)10-9-16-14-8-5-12(11-17-14)15(19)20-4-2/h5,8,11,13H,3-4,6-7,9-10H2,1-2H3,(H,16,17). The lowest BCUT2D eigenvalue weighted by Crippen LogP contribution is -2.31. The number of ether oxygens (including phenoxy) is 1. The molecule has 5 nitrogen and oxygen atoms in total. The second-order valence-electron chi connectivity index (χ2n) is 4.94. The maximum Gasteiger partial charge on any atom is 0.339 e.